The Bertz CT molecular complexity index is 420. The van der Waals surface area contributed by atoms with Crippen LogP contribution in [0.4, 0.5) is 0 Å². The summed E-state index contributed by atoms with van der Waals surface area (Å²) in [6.07, 6.45) is 2.25. The molecule has 0 unspecified atom stereocenters. The first kappa shape index (κ1) is 12.1. The van der Waals surface area contributed by atoms with Crippen molar-refractivity contribution in [2.24, 2.45) is 0 Å². The van der Waals surface area contributed by atoms with E-state index in [1.165, 1.54) is 5.56 Å². The van der Waals surface area contributed by atoms with Gasteiger partial charge in [0.25, 0.3) is 0 Å². The van der Waals surface area contributed by atoms with Crippen LogP contribution in [0, 0.1) is 6.92 Å². The number of hydrogen-bond donors (Lipinski definition) is 1. The summed E-state index contributed by atoms with van der Waals surface area (Å²) in [6.45, 7) is 4.05. The molecule has 1 aliphatic heterocycles. The van der Waals surface area contributed by atoms with E-state index >= 15 is 0 Å². The first-order valence-electron chi connectivity index (χ1n) is 6.10. The van der Waals surface area contributed by atoms with E-state index in [4.69, 9.17) is 5.11 Å². The Morgan fingerprint density at radius 2 is 2.00 bits per heavy atom. The molecule has 1 aromatic carbocycles. The van der Waals surface area contributed by atoms with Crippen molar-refractivity contribution in [3.8, 4) is 0 Å². The Balaban J connectivity index is 2.21. The fourth-order valence-electron chi connectivity index (χ4n) is 2.47. The molecule has 3 nitrogen and oxygen atoms in total. The second-order valence-electron chi connectivity index (χ2n) is 4.96. The van der Waals surface area contributed by atoms with Gasteiger partial charge in [0.1, 0.15) is 0 Å². The molecular weight excluding hydrogens is 214 g/mol. The third-order valence-electron chi connectivity index (χ3n) is 3.68. The predicted molar refractivity (Wildman–Crippen MR) is 67.6 cm³/mol. The topological polar surface area (TPSA) is 40.5 Å². The standard InChI is InChI=1S/C14H19NO2/c1-10-3-4-12(9-13(10)14(16)17)11-5-7-15(2)8-6-11/h3-4,9,11H,5-8H2,1-2H3,(H,16,17). The fraction of sp³-hybridized carbons (Fsp3) is 0.500. The molecule has 1 fully saturated rings. The van der Waals surface area contributed by atoms with Crippen LogP contribution in [0.5, 0.6) is 0 Å². The molecule has 1 aliphatic rings. The number of benzene rings is 1. The molecule has 2 rings (SSSR count). The summed E-state index contributed by atoms with van der Waals surface area (Å²) in [7, 11) is 2.13. The predicted octanol–water partition coefficient (Wildman–Crippen LogP) is 2.50. The van der Waals surface area contributed by atoms with Crippen molar-refractivity contribution >= 4 is 5.97 Å². The Labute approximate surface area is 102 Å². The van der Waals surface area contributed by atoms with E-state index in [9.17, 15) is 4.79 Å². The molecule has 3 heteroatoms. The van der Waals surface area contributed by atoms with Crippen LogP contribution >= 0.6 is 0 Å². The Morgan fingerprint density at radius 1 is 1.35 bits per heavy atom. The van der Waals surface area contributed by atoms with Crippen LogP contribution in [0.1, 0.15) is 40.2 Å². The number of hydrogen-bond acceptors (Lipinski definition) is 2. The Hall–Kier alpha value is -1.35. The van der Waals surface area contributed by atoms with Crippen molar-refractivity contribution in [2.45, 2.75) is 25.7 Å². The molecular formula is C14H19NO2. The van der Waals surface area contributed by atoms with Gasteiger partial charge >= 0.3 is 5.97 Å². The van der Waals surface area contributed by atoms with Gasteiger partial charge in [-0.1, -0.05) is 12.1 Å². The Kier molecular flexibility index (Phi) is 3.48. The van der Waals surface area contributed by atoms with Crippen LogP contribution in [0.2, 0.25) is 0 Å². The first-order valence-corrected chi connectivity index (χ1v) is 6.10. The van der Waals surface area contributed by atoms with Crippen LogP contribution in [-0.4, -0.2) is 36.1 Å². The third-order valence-corrected chi connectivity index (χ3v) is 3.68. The van der Waals surface area contributed by atoms with Crippen molar-refractivity contribution < 1.29 is 9.90 Å². The molecule has 0 atom stereocenters. The molecule has 1 N–H and O–H groups in total. The lowest BCUT2D eigenvalue weighted by atomic mass is 9.88. The number of carboxylic acids is 1. The minimum Gasteiger partial charge on any atom is -0.478 e. The van der Waals surface area contributed by atoms with Gasteiger partial charge in [0.05, 0.1) is 5.56 Å². The molecule has 1 aromatic rings. The lowest BCUT2D eigenvalue weighted by Crippen LogP contribution is -2.29. The van der Waals surface area contributed by atoms with Crippen molar-refractivity contribution in [3.63, 3.8) is 0 Å². The van der Waals surface area contributed by atoms with Crippen LogP contribution in [0.25, 0.3) is 0 Å². The van der Waals surface area contributed by atoms with Gasteiger partial charge in [0, 0.05) is 0 Å². The zero-order valence-corrected chi connectivity index (χ0v) is 10.4. The summed E-state index contributed by atoms with van der Waals surface area (Å²) in [5.41, 5.74) is 2.47. The van der Waals surface area contributed by atoms with Crippen LogP contribution in [0.3, 0.4) is 0 Å². The van der Waals surface area contributed by atoms with E-state index < -0.39 is 5.97 Å². The number of aryl methyl sites for hydroxylation is 1. The summed E-state index contributed by atoms with van der Waals surface area (Å²) in [5, 5.41) is 9.12. The number of carboxylic acid groups (broad SMARTS) is 1. The van der Waals surface area contributed by atoms with Gasteiger partial charge in [-0.3, -0.25) is 0 Å². The second kappa shape index (κ2) is 4.88. The van der Waals surface area contributed by atoms with Gasteiger partial charge in [-0.25, -0.2) is 4.79 Å². The maximum atomic E-state index is 11.1. The minimum atomic E-state index is -0.822. The molecule has 0 aromatic heterocycles. The summed E-state index contributed by atoms with van der Waals surface area (Å²) >= 11 is 0. The number of carbonyl (C=O) groups is 1. The van der Waals surface area contributed by atoms with Gasteiger partial charge in [-0.05, 0) is 63.0 Å². The number of nitrogens with zero attached hydrogens (tertiary/aromatic N) is 1. The molecule has 0 saturated carbocycles. The van der Waals surface area contributed by atoms with Crippen molar-refractivity contribution in [2.75, 3.05) is 20.1 Å². The quantitative estimate of drug-likeness (QED) is 0.853. The molecule has 0 spiro atoms. The zero-order chi connectivity index (χ0) is 12.4. The lowest BCUT2D eigenvalue weighted by molar-refractivity contribution is 0.0696. The van der Waals surface area contributed by atoms with Gasteiger partial charge in [-0.2, -0.15) is 0 Å². The second-order valence-corrected chi connectivity index (χ2v) is 4.96. The highest BCUT2D eigenvalue weighted by Crippen LogP contribution is 2.28. The first-order chi connectivity index (χ1) is 8.08. The third kappa shape index (κ3) is 2.67. The average molecular weight is 233 g/mol. The smallest absolute Gasteiger partial charge is 0.335 e. The van der Waals surface area contributed by atoms with Crippen molar-refractivity contribution in [1.82, 2.24) is 4.90 Å². The van der Waals surface area contributed by atoms with Gasteiger partial charge < -0.3 is 10.0 Å². The summed E-state index contributed by atoms with van der Waals surface area (Å²) in [5.74, 6) is -0.304. The number of piperidine rings is 1. The van der Waals surface area contributed by atoms with Crippen LogP contribution in [0.15, 0.2) is 18.2 Å². The van der Waals surface area contributed by atoms with E-state index in [2.05, 4.69) is 18.0 Å². The van der Waals surface area contributed by atoms with E-state index in [0.717, 1.165) is 31.5 Å². The molecule has 0 amide bonds. The van der Waals surface area contributed by atoms with Crippen molar-refractivity contribution in [3.05, 3.63) is 34.9 Å². The van der Waals surface area contributed by atoms with Gasteiger partial charge in [0.15, 0.2) is 0 Å². The number of rotatable bonds is 2. The largest absolute Gasteiger partial charge is 0.478 e. The summed E-state index contributed by atoms with van der Waals surface area (Å²) in [6, 6.07) is 5.86. The fourth-order valence-corrected chi connectivity index (χ4v) is 2.47. The molecule has 0 bridgehead atoms. The maximum absolute atomic E-state index is 11.1. The SMILES string of the molecule is Cc1ccc(C2CCN(C)CC2)cc1C(=O)O. The highest BCUT2D eigenvalue weighted by molar-refractivity contribution is 5.89. The van der Waals surface area contributed by atoms with Crippen LogP contribution in [-0.2, 0) is 0 Å². The number of likely N-dealkylation sites (tertiary alicyclic amines) is 1. The monoisotopic (exact) mass is 233 g/mol. The normalized spacial score (nSPS) is 18.2. The molecule has 0 radical (unpaired) electrons. The highest BCUT2D eigenvalue weighted by atomic mass is 16.4. The molecule has 0 aliphatic carbocycles. The minimum absolute atomic E-state index is 0.446. The zero-order valence-electron chi connectivity index (χ0n) is 10.4. The summed E-state index contributed by atoms with van der Waals surface area (Å²) < 4.78 is 0. The highest BCUT2D eigenvalue weighted by Gasteiger charge is 2.19. The van der Waals surface area contributed by atoms with Crippen LogP contribution < -0.4 is 0 Å². The van der Waals surface area contributed by atoms with Crippen molar-refractivity contribution in [1.29, 1.82) is 0 Å². The van der Waals surface area contributed by atoms with Gasteiger partial charge in [-0.15, -0.1) is 0 Å². The lowest BCUT2D eigenvalue weighted by Gasteiger charge is -2.29. The molecule has 1 saturated heterocycles. The Morgan fingerprint density at radius 3 is 2.59 bits per heavy atom. The molecule has 17 heavy (non-hydrogen) atoms. The van der Waals surface area contributed by atoms with E-state index in [1.54, 1.807) is 0 Å². The molecule has 92 valence electrons. The van der Waals surface area contributed by atoms with E-state index in [1.807, 2.05) is 19.1 Å². The molecule has 1 heterocycles. The number of aromatic carboxylic acids is 1. The average Bonchev–Trinajstić information content (AvgIpc) is 2.30. The van der Waals surface area contributed by atoms with E-state index in [-0.39, 0.29) is 0 Å². The summed E-state index contributed by atoms with van der Waals surface area (Å²) in [4.78, 5) is 13.4. The van der Waals surface area contributed by atoms with Gasteiger partial charge in [0.2, 0.25) is 0 Å². The van der Waals surface area contributed by atoms with E-state index in [0.29, 0.717) is 11.5 Å². The maximum Gasteiger partial charge on any atom is 0.335 e.